The number of aliphatic hydroxyl groups is 2. The SMILES string of the molecule is CC(C)CNC(=S)NC(C)(CO)CO. The van der Waals surface area contributed by atoms with Crippen molar-refractivity contribution in [2.45, 2.75) is 26.3 Å². The Morgan fingerprint density at radius 3 is 2.21 bits per heavy atom. The molecule has 0 aromatic rings. The van der Waals surface area contributed by atoms with Crippen LogP contribution in [0.3, 0.4) is 0 Å². The second-order valence-electron chi connectivity index (χ2n) is 4.11. The summed E-state index contributed by atoms with van der Waals surface area (Å²) in [4.78, 5) is 0. The number of hydrogen-bond acceptors (Lipinski definition) is 3. The van der Waals surface area contributed by atoms with Crippen molar-refractivity contribution in [1.82, 2.24) is 10.6 Å². The average molecular weight is 220 g/mol. The first-order valence-corrected chi connectivity index (χ1v) is 5.12. The number of hydrogen-bond donors (Lipinski definition) is 4. The summed E-state index contributed by atoms with van der Waals surface area (Å²) in [6.45, 7) is 6.31. The first-order chi connectivity index (χ1) is 6.43. The van der Waals surface area contributed by atoms with E-state index in [2.05, 4.69) is 24.5 Å². The average Bonchev–Trinajstić information content (AvgIpc) is 2.14. The zero-order valence-electron chi connectivity index (χ0n) is 9.00. The minimum atomic E-state index is -0.749. The van der Waals surface area contributed by atoms with E-state index in [1.54, 1.807) is 6.92 Å². The molecule has 0 aliphatic heterocycles. The Labute approximate surface area is 90.7 Å². The number of aliphatic hydroxyl groups excluding tert-OH is 2. The maximum absolute atomic E-state index is 9.00. The van der Waals surface area contributed by atoms with E-state index in [0.717, 1.165) is 6.54 Å². The van der Waals surface area contributed by atoms with Crippen molar-refractivity contribution in [2.24, 2.45) is 5.92 Å². The van der Waals surface area contributed by atoms with Crippen molar-refractivity contribution in [3.63, 3.8) is 0 Å². The third kappa shape index (κ3) is 5.36. The van der Waals surface area contributed by atoms with Crippen LogP contribution in [-0.4, -0.2) is 40.6 Å². The summed E-state index contributed by atoms with van der Waals surface area (Å²) < 4.78 is 0. The van der Waals surface area contributed by atoms with Gasteiger partial charge in [-0.2, -0.15) is 0 Å². The topological polar surface area (TPSA) is 64.5 Å². The molecular formula is C9H20N2O2S. The molecule has 0 saturated carbocycles. The van der Waals surface area contributed by atoms with Gasteiger partial charge in [-0.1, -0.05) is 13.8 Å². The van der Waals surface area contributed by atoms with E-state index in [4.69, 9.17) is 22.4 Å². The van der Waals surface area contributed by atoms with Crippen molar-refractivity contribution in [2.75, 3.05) is 19.8 Å². The number of thiocarbonyl (C=S) groups is 1. The van der Waals surface area contributed by atoms with Crippen molar-refractivity contribution in [3.05, 3.63) is 0 Å². The molecule has 0 atom stereocenters. The molecule has 84 valence electrons. The van der Waals surface area contributed by atoms with Crippen LogP contribution < -0.4 is 10.6 Å². The highest BCUT2D eigenvalue weighted by Gasteiger charge is 2.22. The molecule has 4 N–H and O–H groups in total. The molecule has 0 bridgehead atoms. The van der Waals surface area contributed by atoms with Gasteiger partial charge < -0.3 is 20.8 Å². The monoisotopic (exact) mass is 220 g/mol. The molecule has 0 saturated heterocycles. The standard InChI is InChI=1S/C9H20N2O2S/c1-7(2)4-10-8(14)11-9(3,5-12)6-13/h7,12-13H,4-6H2,1-3H3,(H2,10,11,14). The third-order valence-corrected chi connectivity index (χ3v) is 2.03. The van der Waals surface area contributed by atoms with Gasteiger partial charge in [-0.15, -0.1) is 0 Å². The highest BCUT2D eigenvalue weighted by Crippen LogP contribution is 2.00. The van der Waals surface area contributed by atoms with Crippen LogP contribution in [0.25, 0.3) is 0 Å². The Balaban J connectivity index is 3.92. The normalized spacial score (nSPS) is 11.6. The first-order valence-electron chi connectivity index (χ1n) is 4.71. The lowest BCUT2D eigenvalue weighted by Gasteiger charge is -2.28. The summed E-state index contributed by atoms with van der Waals surface area (Å²) in [5, 5.41) is 24.3. The fourth-order valence-corrected chi connectivity index (χ4v) is 1.07. The lowest BCUT2D eigenvalue weighted by molar-refractivity contribution is 0.119. The second kappa shape index (κ2) is 6.16. The van der Waals surface area contributed by atoms with Crippen LogP contribution >= 0.6 is 12.2 Å². The van der Waals surface area contributed by atoms with E-state index in [0.29, 0.717) is 11.0 Å². The summed E-state index contributed by atoms with van der Waals surface area (Å²) in [6, 6.07) is 0. The molecule has 0 aliphatic rings. The van der Waals surface area contributed by atoms with E-state index >= 15 is 0 Å². The fourth-order valence-electron chi connectivity index (χ4n) is 0.744. The quantitative estimate of drug-likeness (QED) is 0.485. The molecule has 0 fully saturated rings. The van der Waals surface area contributed by atoms with Crippen molar-refractivity contribution >= 4 is 17.3 Å². The summed E-state index contributed by atoms with van der Waals surface area (Å²) in [5.74, 6) is 0.504. The Bertz CT molecular complexity index is 182. The lowest BCUT2D eigenvalue weighted by Crippen LogP contribution is -2.55. The van der Waals surface area contributed by atoms with Gasteiger partial charge in [-0.05, 0) is 25.1 Å². The second-order valence-corrected chi connectivity index (χ2v) is 4.51. The Morgan fingerprint density at radius 1 is 1.36 bits per heavy atom. The van der Waals surface area contributed by atoms with Crippen molar-refractivity contribution < 1.29 is 10.2 Å². The summed E-state index contributed by atoms with van der Waals surface area (Å²) >= 11 is 5.01. The third-order valence-electron chi connectivity index (χ3n) is 1.78. The van der Waals surface area contributed by atoms with Gasteiger partial charge in [-0.3, -0.25) is 0 Å². The van der Waals surface area contributed by atoms with E-state index in [9.17, 15) is 0 Å². The van der Waals surface area contributed by atoms with Crippen LogP contribution in [0.15, 0.2) is 0 Å². The zero-order chi connectivity index (χ0) is 11.2. The smallest absolute Gasteiger partial charge is 0.166 e. The Kier molecular flexibility index (Phi) is 5.99. The molecule has 0 heterocycles. The Morgan fingerprint density at radius 2 is 1.86 bits per heavy atom. The molecule has 0 radical (unpaired) electrons. The molecular weight excluding hydrogens is 200 g/mol. The molecule has 4 nitrogen and oxygen atoms in total. The van der Waals surface area contributed by atoms with E-state index in [-0.39, 0.29) is 13.2 Å². The molecule has 0 unspecified atom stereocenters. The maximum Gasteiger partial charge on any atom is 0.166 e. The van der Waals surface area contributed by atoms with Gasteiger partial charge in [0.05, 0.1) is 18.8 Å². The predicted octanol–water partition coefficient (Wildman–Crippen LogP) is -0.150. The minimum absolute atomic E-state index is 0.160. The summed E-state index contributed by atoms with van der Waals surface area (Å²) in [5.41, 5.74) is -0.749. The van der Waals surface area contributed by atoms with Gasteiger partial charge in [0.25, 0.3) is 0 Å². The van der Waals surface area contributed by atoms with Gasteiger partial charge in [0.15, 0.2) is 5.11 Å². The van der Waals surface area contributed by atoms with Gasteiger partial charge in [0.1, 0.15) is 0 Å². The van der Waals surface area contributed by atoms with Crippen LogP contribution in [0, 0.1) is 5.92 Å². The Hall–Kier alpha value is -0.390. The van der Waals surface area contributed by atoms with Crippen LogP contribution in [0.1, 0.15) is 20.8 Å². The number of nitrogens with one attached hydrogen (secondary N) is 2. The van der Waals surface area contributed by atoms with Crippen LogP contribution in [-0.2, 0) is 0 Å². The highest BCUT2D eigenvalue weighted by molar-refractivity contribution is 7.80. The molecule has 0 aliphatic carbocycles. The molecule has 0 rings (SSSR count). The van der Waals surface area contributed by atoms with Crippen LogP contribution in [0.5, 0.6) is 0 Å². The maximum atomic E-state index is 9.00. The molecule has 0 amide bonds. The minimum Gasteiger partial charge on any atom is -0.394 e. The van der Waals surface area contributed by atoms with Crippen LogP contribution in [0.2, 0.25) is 0 Å². The van der Waals surface area contributed by atoms with Crippen molar-refractivity contribution in [1.29, 1.82) is 0 Å². The zero-order valence-corrected chi connectivity index (χ0v) is 9.82. The fraction of sp³-hybridized carbons (Fsp3) is 0.889. The summed E-state index contributed by atoms with van der Waals surface area (Å²) in [7, 11) is 0. The van der Waals surface area contributed by atoms with E-state index < -0.39 is 5.54 Å². The first kappa shape index (κ1) is 13.6. The van der Waals surface area contributed by atoms with Gasteiger partial charge in [0.2, 0.25) is 0 Å². The lowest BCUT2D eigenvalue weighted by atomic mass is 10.1. The highest BCUT2D eigenvalue weighted by atomic mass is 32.1. The molecule has 0 aromatic carbocycles. The van der Waals surface area contributed by atoms with Crippen LogP contribution in [0.4, 0.5) is 0 Å². The van der Waals surface area contributed by atoms with Gasteiger partial charge >= 0.3 is 0 Å². The van der Waals surface area contributed by atoms with E-state index in [1.807, 2.05) is 0 Å². The van der Waals surface area contributed by atoms with E-state index in [1.165, 1.54) is 0 Å². The van der Waals surface area contributed by atoms with Crippen molar-refractivity contribution in [3.8, 4) is 0 Å². The van der Waals surface area contributed by atoms with Gasteiger partial charge in [0, 0.05) is 6.54 Å². The predicted molar refractivity (Wildman–Crippen MR) is 61.2 cm³/mol. The summed E-state index contributed by atoms with van der Waals surface area (Å²) in [6.07, 6.45) is 0. The molecule has 0 spiro atoms. The number of rotatable bonds is 5. The largest absolute Gasteiger partial charge is 0.394 e. The molecule has 5 heteroatoms. The molecule has 0 aromatic heterocycles. The van der Waals surface area contributed by atoms with Gasteiger partial charge in [-0.25, -0.2) is 0 Å². The molecule has 14 heavy (non-hydrogen) atoms.